The minimum absolute atomic E-state index is 0.243. The van der Waals surface area contributed by atoms with E-state index in [-0.39, 0.29) is 6.04 Å². The summed E-state index contributed by atoms with van der Waals surface area (Å²) < 4.78 is 5.65. The van der Waals surface area contributed by atoms with E-state index in [2.05, 4.69) is 35.4 Å². The van der Waals surface area contributed by atoms with Gasteiger partial charge in [-0.3, -0.25) is 9.89 Å². The van der Waals surface area contributed by atoms with Gasteiger partial charge in [-0.1, -0.05) is 6.42 Å². The molecule has 0 bridgehead atoms. The SMILES string of the molecule is CCNC(=NCC(c1ccco1)N1CCCCC1)NCC. The molecular weight excluding hydrogens is 264 g/mol. The van der Waals surface area contributed by atoms with Crippen molar-refractivity contribution < 1.29 is 4.42 Å². The molecule has 1 aliphatic heterocycles. The van der Waals surface area contributed by atoms with Gasteiger partial charge in [0, 0.05) is 13.1 Å². The summed E-state index contributed by atoms with van der Waals surface area (Å²) in [6, 6.07) is 4.27. The summed E-state index contributed by atoms with van der Waals surface area (Å²) in [7, 11) is 0. The smallest absolute Gasteiger partial charge is 0.191 e. The average molecular weight is 292 g/mol. The number of aliphatic imine (C=N–C) groups is 1. The van der Waals surface area contributed by atoms with Crippen LogP contribution in [0.1, 0.15) is 44.9 Å². The number of nitrogens with zero attached hydrogens (tertiary/aromatic N) is 2. The zero-order valence-electron chi connectivity index (χ0n) is 13.3. The molecule has 1 aromatic heterocycles. The molecule has 5 heteroatoms. The highest BCUT2D eigenvalue weighted by molar-refractivity contribution is 5.79. The van der Waals surface area contributed by atoms with Crippen LogP contribution in [0.5, 0.6) is 0 Å². The molecule has 1 saturated heterocycles. The van der Waals surface area contributed by atoms with E-state index < -0.39 is 0 Å². The number of piperidine rings is 1. The third kappa shape index (κ3) is 4.77. The predicted octanol–water partition coefficient (Wildman–Crippen LogP) is 2.38. The van der Waals surface area contributed by atoms with E-state index >= 15 is 0 Å². The molecule has 1 atom stereocenters. The number of nitrogens with one attached hydrogen (secondary N) is 2. The molecule has 0 amide bonds. The Kier molecular flexibility index (Phi) is 6.60. The fraction of sp³-hybridized carbons (Fsp3) is 0.688. The van der Waals surface area contributed by atoms with Crippen LogP contribution in [0.15, 0.2) is 27.8 Å². The number of rotatable bonds is 6. The van der Waals surface area contributed by atoms with Crippen LogP contribution in [0.4, 0.5) is 0 Å². The van der Waals surface area contributed by atoms with Crippen LogP contribution in [0.2, 0.25) is 0 Å². The minimum Gasteiger partial charge on any atom is -0.468 e. The zero-order valence-corrected chi connectivity index (χ0v) is 13.3. The lowest BCUT2D eigenvalue weighted by molar-refractivity contribution is 0.150. The molecule has 0 aliphatic carbocycles. The first-order chi connectivity index (χ1) is 10.3. The Bertz CT molecular complexity index is 402. The first kappa shape index (κ1) is 15.9. The van der Waals surface area contributed by atoms with Gasteiger partial charge in [-0.15, -0.1) is 0 Å². The number of likely N-dealkylation sites (tertiary alicyclic amines) is 1. The zero-order chi connectivity index (χ0) is 14.9. The standard InChI is InChI=1S/C16H28N4O/c1-3-17-16(18-4-2)19-13-14(15-9-8-12-21-15)20-10-6-5-7-11-20/h8-9,12,14H,3-7,10-11,13H2,1-2H3,(H2,17,18,19). The monoisotopic (exact) mass is 292 g/mol. The molecule has 0 saturated carbocycles. The maximum Gasteiger partial charge on any atom is 0.191 e. The van der Waals surface area contributed by atoms with Gasteiger partial charge in [0.2, 0.25) is 0 Å². The topological polar surface area (TPSA) is 52.8 Å². The second-order valence-electron chi connectivity index (χ2n) is 5.38. The molecule has 2 heterocycles. The first-order valence-electron chi connectivity index (χ1n) is 8.14. The van der Waals surface area contributed by atoms with Crippen molar-refractivity contribution in [3.8, 4) is 0 Å². The second kappa shape index (κ2) is 8.72. The van der Waals surface area contributed by atoms with E-state index in [1.807, 2.05) is 6.07 Å². The number of guanidine groups is 1. The summed E-state index contributed by atoms with van der Waals surface area (Å²) in [5, 5.41) is 6.55. The van der Waals surface area contributed by atoms with Gasteiger partial charge in [-0.2, -0.15) is 0 Å². The van der Waals surface area contributed by atoms with Gasteiger partial charge in [-0.25, -0.2) is 0 Å². The Labute approximate surface area is 127 Å². The highest BCUT2D eigenvalue weighted by atomic mass is 16.3. The van der Waals surface area contributed by atoms with E-state index in [1.54, 1.807) is 6.26 Å². The molecule has 0 radical (unpaired) electrons. The third-order valence-corrected chi connectivity index (χ3v) is 3.81. The Morgan fingerprint density at radius 2 is 1.95 bits per heavy atom. The summed E-state index contributed by atoms with van der Waals surface area (Å²) in [4.78, 5) is 7.23. The highest BCUT2D eigenvalue weighted by Crippen LogP contribution is 2.25. The van der Waals surface area contributed by atoms with Crippen molar-refractivity contribution in [2.45, 2.75) is 39.2 Å². The molecule has 5 nitrogen and oxygen atoms in total. The Balaban J connectivity index is 2.06. The Morgan fingerprint density at radius 1 is 1.24 bits per heavy atom. The predicted molar refractivity (Wildman–Crippen MR) is 86.5 cm³/mol. The fourth-order valence-electron chi connectivity index (χ4n) is 2.78. The van der Waals surface area contributed by atoms with Gasteiger partial charge in [0.15, 0.2) is 5.96 Å². The number of furan rings is 1. The maximum atomic E-state index is 5.65. The molecule has 0 spiro atoms. The summed E-state index contributed by atoms with van der Waals surface area (Å²) in [6.45, 7) is 8.92. The van der Waals surface area contributed by atoms with E-state index in [0.29, 0.717) is 0 Å². The molecule has 2 rings (SSSR count). The van der Waals surface area contributed by atoms with Crippen LogP contribution >= 0.6 is 0 Å². The first-order valence-corrected chi connectivity index (χ1v) is 8.14. The lowest BCUT2D eigenvalue weighted by Crippen LogP contribution is -2.39. The fourth-order valence-corrected chi connectivity index (χ4v) is 2.78. The van der Waals surface area contributed by atoms with Gasteiger partial charge in [0.1, 0.15) is 5.76 Å². The quantitative estimate of drug-likeness (QED) is 0.624. The van der Waals surface area contributed by atoms with E-state index in [1.165, 1.54) is 19.3 Å². The van der Waals surface area contributed by atoms with Gasteiger partial charge in [0.05, 0.1) is 18.8 Å². The Morgan fingerprint density at radius 3 is 2.52 bits per heavy atom. The molecule has 1 unspecified atom stereocenters. The van der Waals surface area contributed by atoms with E-state index in [0.717, 1.165) is 44.4 Å². The third-order valence-electron chi connectivity index (χ3n) is 3.81. The van der Waals surface area contributed by atoms with Crippen LogP contribution < -0.4 is 10.6 Å². The van der Waals surface area contributed by atoms with E-state index in [4.69, 9.17) is 9.41 Å². The van der Waals surface area contributed by atoms with Crippen molar-refractivity contribution in [1.82, 2.24) is 15.5 Å². The van der Waals surface area contributed by atoms with Crippen LogP contribution in [0.3, 0.4) is 0 Å². The number of hydrogen-bond donors (Lipinski definition) is 2. The maximum absolute atomic E-state index is 5.65. The molecule has 0 aromatic carbocycles. The van der Waals surface area contributed by atoms with Crippen molar-refractivity contribution in [3.05, 3.63) is 24.2 Å². The normalized spacial score (nSPS) is 17.2. The van der Waals surface area contributed by atoms with Crippen LogP contribution in [-0.2, 0) is 0 Å². The van der Waals surface area contributed by atoms with Crippen LogP contribution in [0.25, 0.3) is 0 Å². The van der Waals surface area contributed by atoms with Crippen molar-refractivity contribution in [2.24, 2.45) is 4.99 Å². The van der Waals surface area contributed by atoms with Gasteiger partial charge >= 0.3 is 0 Å². The Hall–Kier alpha value is -1.49. The summed E-state index contributed by atoms with van der Waals surface area (Å²) >= 11 is 0. The largest absolute Gasteiger partial charge is 0.468 e. The average Bonchev–Trinajstić information content (AvgIpc) is 3.03. The second-order valence-corrected chi connectivity index (χ2v) is 5.38. The lowest BCUT2D eigenvalue weighted by atomic mass is 10.1. The van der Waals surface area contributed by atoms with Gasteiger partial charge in [0.25, 0.3) is 0 Å². The van der Waals surface area contributed by atoms with E-state index in [9.17, 15) is 0 Å². The molecule has 1 aromatic rings. The van der Waals surface area contributed by atoms with Crippen molar-refractivity contribution >= 4 is 5.96 Å². The van der Waals surface area contributed by atoms with Crippen molar-refractivity contribution in [1.29, 1.82) is 0 Å². The molecule has 1 aliphatic rings. The van der Waals surface area contributed by atoms with Gasteiger partial charge < -0.3 is 15.1 Å². The minimum atomic E-state index is 0.243. The molecule has 1 fully saturated rings. The van der Waals surface area contributed by atoms with Crippen LogP contribution in [-0.4, -0.2) is 43.6 Å². The summed E-state index contributed by atoms with van der Waals surface area (Å²) in [6.07, 6.45) is 5.64. The molecule has 21 heavy (non-hydrogen) atoms. The number of hydrogen-bond acceptors (Lipinski definition) is 3. The highest BCUT2D eigenvalue weighted by Gasteiger charge is 2.24. The van der Waals surface area contributed by atoms with Crippen molar-refractivity contribution in [3.63, 3.8) is 0 Å². The van der Waals surface area contributed by atoms with Crippen LogP contribution in [0, 0.1) is 0 Å². The van der Waals surface area contributed by atoms with Gasteiger partial charge in [-0.05, 0) is 51.9 Å². The lowest BCUT2D eigenvalue weighted by Gasteiger charge is -2.32. The molecular formula is C16H28N4O. The summed E-state index contributed by atoms with van der Waals surface area (Å²) in [5.74, 6) is 1.90. The van der Waals surface area contributed by atoms with Crippen molar-refractivity contribution in [2.75, 3.05) is 32.7 Å². The summed E-state index contributed by atoms with van der Waals surface area (Å²) in [5.41, 5.74) is 0. The molecule has 2 N–H and O–H groups in total. The molecule has 118 valence electrons.